The van der Waals surface area contributed by atoms with Gasteiger partial charge in [0.05, 0.1) is 0 Å². The van der Waals surface area contributed by atoms with Crippen LogP contribution in [0.2, 0.25) is 0 Å². The molecule has 0 amide bonds. The van der Waals surface area contributed by atoms with Crippen LogP contribution >= 0.6 is 0 Å². The van der Waals surface area contributed by atoms with Crippen LogP contribution < -0.4 is 0 Å². The lowest BCUT2D eigenvalue weighted by molar-refractivity contribution is 0.0884. The number of rotatable bonds is 2. The van der Waals surface area contributed by atoms with Gasteiger partial charge in [0.25, 0.3) is 0 Å². The van der Waals surface area contributed by atoms with E-state index in [-0.39, 0.29) is 5.91 Å². The van der Waals surface area contributed by atoms with E-state index in [0.29, 0.717) is 12.3 Å². The fraction of sp³-hybridized carbons (Fsp3) is 0.556. The van der Waals surface area contributed by atoms with Crippen molar-refractivity contribution < 1.29 is 4.79 Å². The van der Waals surface area contributed by atoms with Crippen molar-refractivity contribution in [1.82, 2.24) is 9.55 Å². The van der Waals surface area contributed by atoms with Crippen molar-refractivity contribution in [3.8, 4) is 0 Å². The molecule has 66 valence electrons. The molecular weight excluding hydrogens is 152 g/mol. The molecule has 0 saturated heterocycles. The van der Waals surface area contributed by atoms with Crippen LogP contribution in [0.15, 0.2) is 12.5 Å². The first kappa shape index (κ1) is 8.97. The Morgan fingerprint density at radius 1 is 1.67 bits per heavy atom. The van der Waals surface area contributed by atoms with E-state index in [1.165, 1.54) is 0 Å². The van der Waals surface area contributed by atoms with Crippen LogP contribution in [0.4, 0.5) is 0 Å². The molecule has 0 aromatic carbocycles. The zero-order valence-electron chi connectivity index (χ0n) is 7.74. The third-order valence-corrected chi connectivity index (χ3v) is 1.68. The Bertz CT molecular complexity index is 276. The van der Waals surface area contributed by atoms with Gasteiger partial charge in [-0.1, -0.05) is 13.8 Å². The van der Waals surface area contributed by atoms with Gasteiger partial charge in [-0.3, -0.25) is 9.36 Å². The van der Waals surface area contributed by atoms with Crippen LogP contribution in [-0.4, -0.2) is 15.5 Å². The Kier molecular flexibility index (Phi) is 2.63. The first-order chi connectivity index (χ1) is 5.61. The zero-order chi connectivity index (χ0) is 9.14. The number of hydrogen-bond donors (Lipinski definition) is 0. The second kappa shape index (κ2) is 3.52. The molecule has 1 aromatic heterocycles. The number of hydrogen-bond acceptors (Lipinski definition) is 2. The van der Waals surface area contributed by atoms with E-state index in [2.05, 4.69) is 4.98 Å². The smallest absolute Gasteiger partial charge is 0.232 e. The summed E-state index contributed by atoms with van der Waals surface area (Å²) in [6.07, 6.45) is 3.84. The van der Waals surface area contributed by atoms with Crippen molar-refractivity contribution in [1.29, 1.82) is 0 Å². The predicted molar refractivity (Wildman–Crippen MR) is 47.0 cm³/mol. The molecule has 0 aliphatic rings. The van der Waals surface area contributed by atoms with E-state index in [9.17, 15) is 4.79 Å². The Morgan fingerprint density at radius 2 is 2.33 bits per heavy atom. The Hall–Kier alpha value is -1.12. The topological polar surface area (TPSA) is 34.9 Å². The SMILES string of the molecule is Cc1cncn1C(=O)CC(C)C. The molecule has 0 spiro atoms. The molecule has 0 bridgehead atoms. The molecule has 0 fully saturated rings. The quantitative estimate of drug-likeness (QED) is 0.672. The molecule has 1 heterocycles. The van der Waals surface area contributed by atoms with Crippen LogP contribution in [-0.2, 0) is 0 Å². The van der Waals surface area contributed by atoms with Gasteiger partial charge in [-0.15, -0.1) is 0 Å². The van der Waals surface area contributed by atoms with Crippen molar-refractivity contribution in [2.24, 2.45) is 5.92 Å². The number of imidazole rings is 1. The van der Waals surface area contributed by atoms with Crippen molar-refractivity contribution in [2.75, 3.05) is 0 Å². The molecule has 3 nitrogen and oxygen atoms in total. The first-order valence-corrected chi connectivity index (χ1v) is 4.13. The molecular formula is C9H14N2O. The molecule has 0 radical (unpaired) electrons. The molecule has 0 N–H and O–H groups in total. The Balaban J connectivity index is 2.72. The summed E-state index contributed by atoms with van der Waals surface area (Å²) >= 11 is 0. The maximum absolute atomic E-state index is 11.5. The molecule has 1 aromatic rings. The van der Waals surface area contributed by atoms with Crippen LogP contribution in [0, 0.1) is 12.8 Å². The van der Waals surface area contributed by atoms with E-state index in [0.717, 1.165) is 5.69 Å². The maximum Gasteiger partial charge on any atom is 0.232 e. The largest absolute Gasteiger partial charge is 0.274 e. The summed E-state index contributed by atoms with van der Waals surface area (Å²) in [5.41, 5.74) is 0.903. The third-order valence-electron chi connectivity index (χ3n) is 1.68. The second-order valence-corrected chi connectivity index (χ2v) is 3.40. The van der Waals surface area contributed by atoms with E-state index in [1.807, 2.05) is 20.8 Å². The lowest BCUT2D eigenvalue weighted by Gasteiger charge is -2.05. The van der Waals surface area contributed by atoms with Crippen LogP contribution in [0.5, 0.6) is 0 Å². The van der Waals surface area contributed by atoms with Crippen molar-refractivity contribution in [3.63, 3.8) is 0 Å². The fourth-order valence-corrected chi connectivity index (χ4v) is 1.07. The summed E-state index contributed by atoms with van der Waals surface area (Å²) in [6, 6.07) is 0. The predicted octanol–water partition coefficient (Wildman–Crippen LogP) is 1.88. The van der Waals surface area contributed by atoms with Gasteiger partial charge in [0.15, 0.2) is 0 Å². The highest BCUT2D eigenvalue weighted by Crippen LogP contribution is 2.04. The number of carbonyl (C=O) groups is 1. The molecule has 0 unspecified atom stereocenters. The van der Waals surface area contributed by atoms with E-state index in [4.69, 9.17) is 0 Å². The summed E-state index contributed by atoms with van der Waals surface area (Å²) < 4.78 is 1.60. The molecule has 0 atom stereocenters. The lowest BCUT2D eigenvalue weighted by Crippen LogP contribution is -2.13. The summed E-state index contributed by atoms with van der Waals surface area (Å²) in [6.45, 7) is 5.94. The minimum absolute atomic E-state index is 0.125. The van der Waals surface area contributed by atoms with E-state index >= 15 is 0 Å². The molecule has 1 rings (SSSR count). The fourth-order valence-electron chi connectivity index (χ4n) is 1.07. The molecule has 3 heteroatoms. The number of carbonyl (C=O) groups excluding carboxylic acids is 1. The molecule has 0 aliphatic heterocycles. The van der Waals surface area contributed by atoms with Crippen LogP contribution in [0.3, 0.4) is 0 Å². The normalized spacial score (nSPS) is 10.7. The monoisotopic (exact) mass is 166 g/mol. The summed E-state index contributed by atoms with van der Waals surface area (Å²) in [5, 5.41) is 0. The standard InChI is InChI=1S/C9H14N2O/c1-7(2)4-9(12)11-6-10-5-8(11)3/h5-7H,4H2,1-3H3. The van der Waals surface area contributed by atoms with Gasteiger partial charge in [-0.25, -0.2) is 4.98 Å². The maximum atomic E-state index is 11.5. The highest BCUT2D eigenvalue weighted by Gasteiger charge is 2.08. The lowest BCUT2D eigenvalue weighted by atomic mass is 10.1. The van der Waals surface area contributed by atoms with Crippen molar-refractivity contribution in [2.45, 2.75) is 27.2 Å². The van der Waals surface area contributed by atoms with Gasteiger partial charge in [-0.2, -0.15) is 0 Å². The average Bonchev–Trinajstić information content (AvgIpc) is 2.33. The summed E-state index contributed by atoms with van der Waals surface area (Å²) in [4.78, 5) is 15.4. The highest BCUT2D eigenvalue weighted by atomic mass is 16.2. The summed E-state index contributed by atoms with van der Waals surface area (Å²) in [5.74, 6) is 0.527. The molecule has 0 saturated carbocycles. The first-order valence-electron chi connectivity index (χ1n) is 4.13. The molecule has 12 heavy (non-hydrogen) atoms. The van der Waals surface area contributed by atoms with Gasteiger partial charge < -0.3 is 0 Å². The third kappa shape index (κ3) is 1.94. The average molecular weight is 166 g/mol. The highest BCUT2D eigenvalue weighted by molar-refractivity contribution is 5.79. The summed E-state index contributed by atoms with van der Waals surface area (Å²) in [7, 11) is 0. The number of nitrogens with zero attached hydrogens (tertiary/aromatic N) is 2. The minimum atomic E-state index is 0.125. The number of aryl methyl sites for hydroxylation is 1. The van der Waals surface area contributed by atoms with Gasteiger partial charge in [0, 0.05) is 18.3 Å². The van der Waals surface area contributed by atoms with Crippen LogP contribution in [0.1, 0.15) is 30.8 Å². The van der Waals surface area contributed by atoms with Crippen LogP contribution in [0.25, 0.3) is 0 Å². The zero-order valence-corrected chi connectivity index (χ0v) is 7.74. The Morgan fingerprint density at radius 3 is 2.75 bits per heavy atom. The van der Waals surface area contributed by atoms with Gasteiger partial charge in [-0.05, 0) is 12.8 Å². The minimum Gasteiger partial charge on any atom is -0.274 e. The van der Waals surface area contributed by atoms with E-state index in [1.54, 1.807) is 17.1 Å². The van der Waals surface area contributed by atoms with Crippen molar-refractivity contribution >= 4 is 5.91 Å². The second-order valence-electron chi connectivity index (χ2n) is 3.40. The van der Waals surface area contributed by atoms with Gasteiger partial charge in [0.2, 0.25) is 5.91 Å². The van der Waals surface area contributed by atoms with E-state index < -0.39 is 0 Å². The van der Waals surface area contributed by atoms with Gasteiger partial charge >= 0.3 is 0 Å². The number of aromatic nitrogens is 2. The van der Waals surface area contributed by atoms with Crippen molar-refractivity contribution in [3.05, 3.63) is 18.2 Å². The molecule has 0 aliphatic carbocycles. The Labute approximate surface area is 72.4 Å². The van der Waals surface area contributed by atoms with Gasteiger partial charge in [0.1, 0.15) is 6.33 Å².